The second kappa shape index (κ2) is 6.69. The number of aryl methyl sites for hydroxylation is 1. The first-order valence-electron chi connectivity index (χ1n) is 9.17. The maximum atomic E-state index is 13.4. The van der Waals surface area contributed by atoms with Gasteiger partial charge >= 0.3 is 0 Å². The zero-order valence-electron chi connectivity index (χ0n) is 15.1. The van der Waals surface area contributed by atoms with E-state index in [1.165, 1.54) is 6.42 Å². The lowest BCUT2D eigenvalue weighted by Gasteiger charge is -2.35. The third-order valence-electron chi connectivity index (χ3n) is 5.69. The summed E-state index contributed by atoms with van der Waals surface area (Å²) in [5, 5.41) is 16.9. The van der Waals surface area contributed by atoms with Gasteiger partial charge in [0.15, 0.2) is 0 Å². The fourth-order valence-corrected chi connectivity index (χ4v) is 4.47. The van der Waals surface area contributed by atoms with Crippen LogP contribution in [0.2, 0.25) is 0 Å². The van der Waals surface area contributed by atoms with Crippen molar-refractivity contribution in [2.24, 2.45) is 0 Å². The molecule has 8 heteroatoms. The molecule has 0 amide bonds. The summed E-state index contributed by atoms with van der Waals surface area (Å²) in [6.45, 7) is 1.92. The van der Waals surface area contributed by atoms with Crippen LogP contribution in [0.5, 0.6) is 0 Å². The van der Waals surface area contributed by atoms with Gasteiger partial charge in [0.2, 0.25) is 0 Å². The zero-order chi connectivity index (χ0) is 19.2. The number of nitrogens with one attached hydrogen (secondary N) is 2. The van der Waals surface area contributed by atoms with Crippen LogP contribution in [-0.2, 0) is 5.54 Å². The standard InChI is InChI=1S/C19H23F2N5O/c1-10-7-11(25-17-14(15(20)21)16(22)23-9-24-17)8-12-13(10)18(27)26-19(12)5-3-2-4-6-19/h7-9,15,18,26-27H,2-6H2,1H3,(H3,22,23,24,25). The Morgan fingerprint density at radius 1 is 1.26 bits per heavy atom. The van der Waals surface area contributed by atoms with Crippen LogP contribution in [-0.4, -0.2) is 15.1 Å². The van der Waals surface area contributed by atoms with E-state index in [0.717, 1.165) is 48.7 Å². The van der Waals surface area contributed by atoms with Crippen molar-refractivity contribution in [3.05, 3.63) is 40.7 Å². The normalized spacial score (nSPS) is 20.9. The van der Waals surface area contributed by atoms with Crippen LogP contribution < -0.4 is 16.4 Å². The molecule has 6 nitrogen and oxygen atoms in total. The summed E-state index contributed by atoms with van der Waals surface area (Å²) in [4.78, 5) is 7.61. The number of alkyl halides is 2. The van der Waals surface area contributed by atoms with E-state index >= 15 is 0 Å². The molecule has 1 atom stereocenters. The quantitative estimate of drug-likeness (QED) is 0.652. The van der Waals surface area contributed by atoms with Crippen LogP contribution in [0.4, 0.5) is 26.1 Å². The van der Waals surface area contributed by atoms with Gasteiger partial charge in [-0.05, 0) is 43.0 Å². The largest absolute Gasteiger partial charge is 0.383 e. The topological polar surface area (TPSA) is 96.1 Å². The minimum atomic E-state index is -2.78. The van der Waals surface area contributed by atoms with Crippen molar-refractivity contribution in [1.82, 2.24) is 15.3 Å². The average molecular weight is 375 g/mol. The first-order valence-corrected chi connectivity index (χ1v) is 9.17. The van der Waals surface area contributed by atoms with Gasteiger partial charge < -0.3 is 16.2 Å². The van der Waals surface area contributed by atoms with Crippen molar-refractivity contribution in [2.45, 2.75) is 57.2 Å². The summed E-state index contributed by atoms with van der Waals surface area (Å²) in [5.74, 6) is -0.234. The lowest BCUT2D eigenvalue weighted by molar-refractivity contribution is 0.0975. The molecule has 2 heterocycles. The molecule has 1 aromatic heterocycles. The molecule has 1 spiro atoms. The van der Waals surface area contributed by atoms with Gasteiger partial charge in [0, 0.05) is 16.8 Å². The molecule has 1 fully saturated rings. The van der Waals surface area contributed by atoms with Crippen molar-refractivity contribution in [3.8, 4) is 0 Å². The number of aliphatic hydroxyl groups excluding tert-OH is 1. The van der Waals surface area contributed by atoms with Gasteiger partial charge in [0.25, 0.3) is 6.43 Å². The van der Waals surface area contributed by atoms with Gasteiger partial charge in [-0.3, -0.25) is 5.32 Å². The van der Waals surface area contributed by atoms with Crippen molar-refractivity contribution >= 4 is 17.3 Å². The number of halogens is 2. The highest BCUT2D eigenvalue weighted by Crippen LogP contribution is 2.48. The molecule has 1 aliphatic heterocycles. The number of hydrogen-bond donors (Lipinski definition) is 4. The number of rotatable bonds is 3. The van der Waals surface area contributed by atoms with E-state index in [0.29, 0.717) is 5.69 Å². The van der Waals surface area contributed by atoms with Crippen molar-refractivity contribution < 1.29 is 13.9 Å². The maximum Gasteiger partial charge on any atom is 0.270 e. The fraction of sp³-hybridized carbons (Fsp3) is 0.474. The first-order chi connectivity index (χ1) is 12.9. The molecule has 0 radical (unpaired) electrons. The van der Waals surface area contributed by atoms with Gasteiger partial charge in [-0.15, -0.1) is 0 Å². The number of aliphatic hydroxyl groups is 1. The van der Waals surface area contributed by atoms with E-state index in [4.69, 9.17) is 5.73 Å². The number of fused-ring (bicyclic) bond motifs is 2. The molecule has 1 unspecified atom stereocenters. The number of nitrogens with two attached hydrogens (primary N) is 1. The predicted octanol–water partition coefficient (Wildman–Crippen LogP) is 3.80. The molecule has 0 saturated heterocycles. The summed E-state index contributed by atoms with van der Waals surface area (Å²) in [6, 6.07) is 3.77. The van der Waals surface area contributed by atoms with Gasteiger partial charge in [-0.1, -0.05) is 19.3 Å². The maximum absolute atomic E-state index is 13.4. The molecular weight excluding hydrogens is 352 g/mol. The molecule has 27 heavy (non-hydrogen) atoms. The van der Waals surface area contributed by atoms with E-state index in [1.54, 1.807) is 0 Å². The lowest BCUT2D eigenvalue weighted by Crippen LogP contribution is -2.40. The summed E-state index contributed by atoms with van der Waals surface area (Å²) in [6.07, 6.45) is 2.94. The van der Waals surface area contributed by atoms with Crippen LogP contribution in [0.25, 0.3) is 0 Å². The predicted molar refractivity (Wildman–Crippen MR) is 98.7 cm³/mol. The summed E-state index contributed by atoms with van der Waals surface area (Å²) in [5.41, 5.74) is 8.43. The Kier molecular flexibility index (Phi) is 4.47. The Morgan fingerprint density at radius 3 is 2.70 bits per heavy atom. The number of anilines is 3. The molecule has 5 N–H and O–H groups in total. The second-order valence-electron chi connectivity index (χ2n) is 7.39. The van der Waals surface area contributed by atoms with E-state index in [9.17, 15) is 13.9 Å². The van der Waals surface area contributed by atoms with Crippen LogP contribution in [0.15, 0.2) is 18.5 Å². The monoisotopic (exact) mass is 375 g/mol. The number of benzene rings is 1. The van der Waals surface area contributed by atoms with E-state index in [2.05, 4.69) is 20.6 Å². The highest BCUT2D eigenvalue weighted by atomic mass is 19.3. The number of nitrogen functional groups attached to an aromatic ring is 1. The Morgan fingerprint density at radius 2 is 2.00 bits per heavy atom. The molecule has 2 aromatic rings. The SMILES string of the molecule is Cc1cc(Nc2ncnc(N)c2C(F)F)cc2c1C(O)NC21CCCCC1. The Hall–Kier alpha value is -2.32. The molecule has 1 saturated carbocycles. The number of aromatic nitrogens is 2. The summed E-state index contributed by atoms with van der Waals surface area (Å²) >= 11 is 0. The third-order valence-corrected chi connectivity index (χ3v) is 5.69. The summed E-state index contributed by atoms with van der Waals surface area (Å²) in [7, 11) is 0. The average Bonchev–Trinajstić information content (AvgIpc) is 2.87. The molecule has 1 aromatic carbocycles. The van der Waals surface area contributed by atoms with E-state index in [1.807, 2.05) is 19.1 Å². The van der Waals surface area contributed by atoms with Crippen molar-refractivity contribution in [1.29, 1.82) is 0 Å². The van der Waals surface area contributed by atoms with Crippen LogP contribution in [0.3, 0.4) is 0 Å². The highest BCUT2D eigenvalue weighted by Gasteiger charge is 2.44. The van der Waals surface area contributed by atoms with Gasteiger partial charge in [0.1, 0.15) is 29.8 Å². The van der Waals surface area contributed by atoms with E-state index < -0.39 is 18.2 Å². The van der Waals surface area contributed by atoms with E-state index in [-0.39, 0.29) is 17.2 Å². The van der Waals surface area contributed by atoms with Crippen molar-refractivity contribution in [3.63, 3.8) is 0 Å². The van der Waals surface area contributed by atoms with Crippen LogP contribution in [0, 0.1) is 6.92 Å². The van der Waals surface area contributed by atoms with Gasteiger partial charge in [-0.25, -0.2) is 18.7 Å². The number of nitrogens with zero attached hydrogens (tertiary/aromatic N) is 2. The minimum absolute atomic E-state index is 0.000971. The Bertz CT molecular complexity index is 867. The molecule has 1 aliphatic carbocycles. The molecule has 144 valence electrons. The Labute approximate surface area is 156 Å². The van der Waals surface area contributed by atoms with Crippen LogP contribution in [0.1, 0.15) is 67.0 Å². The molecular formula is C19H23F2N5O. The van der Waals surface area contributed by atoms with Gasteiger partial charge in [-0.2, -0.15) is 0 Å². The van der Waals surface area contributed by atoms with Gasteiger partial charge in [0.05, 0.1) is 0 Å². The lowest BCUT2D eigenvalue weighted by atomic mass is 9.77. The molecule has 2 aliphatic rings. The number of hydrogen-bond acceptors (Lipinski definition) is 6. The highest BCUT2D eigenvalue weighted by molar-refractivity contribution is 5.67. The fourth-order valence-electron chi connectivity index (χ4n) is 4.47. The Balaban J connectivity index is 1.76. The second-order valence-corrected chi connectivity index (χ2v) is 7.39. The van der Waals surface area contributed by atoms with Crippen molar-refractivity contribution in [2.75, 3.05) is 11.1 Å². The first kappa shape index (κ1) is 18.1. The molecule has 4 rings (SSSR count). The molecule has 0 bridgehead atoms. The van der Waals surface area contributed by atoms with Crippen LogP contribution >= 0.6 is 0 Å². The smallest absolute Gasteiger partial charge is 0.270 e. The third kappa shape index (κ3) is 3.02. The zero-order valence-corrected chi connectivity index (χ0v) is 15.1. The summed E-state index contributed by atoms with van der Waals surface area (Å²) < 4.78 is 26.8. The minimum Gasteiger partial charge on any atom is -0.383 e.